The fourth-order valence-electron chi connectivity index (χ4n) is 8.45. The van der Waals surface area contributed by atoms with Gasteiger partial charge in [-0.1, -0.05) is 0 Å². The summed E-state index contributed by atoms with van der Waals surface area (Å²) >= 11 is 0. The van der Waals surface area contributed by atoms with E-state index in [1.807, 2.05) is 0 Å². The Morgan fingerprint density at radius 2 is 0.484 bits per heavy atom. The molecule has 0 amide bonds. The number of benzene rings is 3. The average molecular weight is 867 g/mol. The van der Waals surface area contributed by atoms with Crippen LogP contribution >= 0.6 is 0 Å². The van der Waals surface area contributed by atoms with E-state index in [1.54, 1.807) is 83.1 Å². The Morgan fingerprint density at radius 3 is 0.629 bits per heavy atom. The Labute approximate surface area is 355 Å². The van der Waals surface area contributed by atoms with E-state index in [4.69, 9.17) is 71.1 Å². The van der Waals surface area contributed by atoms with Gasteiger partial charge in [-0.2, -0.15) is 0 Å². The Balaban J connectivity index is 1.56. The van der Waals surface area contributed by atoms with Crippen LogP contribution in [0.5, 0.6) is 69.0 Å². The maximum atomic E-state index is 14.9. The normalized spacial score (nSPS) is 20.5. The Morgan fingerprint density at radius 1 is 0.339 bits per heavy atom. The molecule has 6 aliphatic rings. The second kappa shape index (κ2) is 12.2. The molecule has 3 aromatic rings. The molecule has 0 saturated carbocycles. The van der Waals surface area contributed by atoms with E-state index in [1.165, 1.54) is 21.3 Å². The SMILES string of the molecule is COC(=O)c1c2c(c(C(O)(c3c4c(c(C(=O)OC)c5c3OC(C)(C)O5)OC(C)(C)O4)c3c4c(c(C(=O)OC)c5c3OC(C)(C)O5)OC(C)(C)O4)c3c1OC(C)(C)O3)OC(C)(C)O2. The van der Waals surface area contributed by atoms with Crippen molar-refractivity contribution in [3.05, 3.63) is 33.4 Å². The summed E-state index contributed by atoms with van der Waals surface area (Å²) < 4.78 is 93.4. The molecule has 0 fully saturated rings. The molecule has 3 aromatic carbocycles. The van der Waals surface area contributed by atoms with Crippen LogP contribution in [0.2, 0.25) is 0 Å². The summed E-state index contributed by atoms with van der Waals surface area (Å²) in [6, 6.07) is 0. The Bertz CT molecular complexity index is 2160. The summed E-state index contributed by atoms with van der Waals surface area (Å²) in [5.74, 6) is -14.5. The first-order valence-corrected chi connectivity index (χ1v) is 19.6. The highest BCUT2D eigenvalue weighted by molar-refractivity contribution is 6.03. The molecule has 6 heterocycles. The maximum Gasteiger partial charge on any atom is 0.345 e. The van der Waals surface area contributed by atoms with Gasteiger partial charge in [0, 0.05) is 83.1 Å². The average Bonchev–Trinajstić information content (AvgIpc) is 3.95. The first-order chi connectivity index (χ1) is 28.6. The van der Waals surface area contributed by atoms with Gasteiger partial charge in [-0.3, -0.25) is 0 Å². The molecular formula is C43H46O19. The first-order valence-electron chi connectivity index (χ1n) is 19.6. The summed E-state index contributed by atoms with van der Waals surface area (Å²) in [5.41, 5.74) is -4.48. The quantitative estimate of drug-likeness (QED) is 0.162. The van der Waals surface area contributed by atoms with Crippen molar-refractivity contribution in [3.8, 4) is 69.0 Å². The fraction of sp³-hybridized carbons (Fsp3) is 0.512. The van der Waals surface area contributed by atoms with Crippen molar-refractivity contribution in [2.45, 2.75) is 123 Å². The van der Waals surface area contributed by atoms with Gasteiger partial charge in [0.25, 0.3) is 0 Å². The van der Waals surface area contributed by atoms with Crippen molar-refractivity contribution in [1.82, 2.24) is 0 Å². The van der Waals surface area contributed by atoms with Gasteiger partial charge in [0.05, 0.1) is 38.0 Å². The topological polar surface area (TPSA) is 210 Å². The highest BCUT2D eigenvalue weighted by atomic mass is 16.8. The number of carbonyl (C=O) groups excluding carboxylic acids is 3. The molecular weight excluding hydrogens is 820 g/mol. The third-order valence-corrected chi connectivity index (χ3v) is 10.4. The molecule has 19 nitrogen and oxygen atoms in total. The zero-order valence-electron chi connectivity index (χ0n) is 36.8. The summed E-state index contributed by atoms with van der Waals surface area (Å²) in [4.78, 5) is 41.5. The van der Waals surface area contributed by atoms with Crippen molar-refractivity contribution in [1.29, 1.82) is 0 Å². The Hall–Kier alpha value is -6.37. The fourth-order valence-corrected chi connectivity index (χ4v) is 8.45. The second-order valence-electron chi connectivity index (χ2n) is 18.0. The van der Waals surface area contributed by atoms with Gasteiger partial charge in [0.15, 0.2) is 91.3 Å². The second-order valence-corrected chi connectivity index (χ2v) is 18.0. The van der Waals surface area contributed by atoms with Crippen molar-refractivity contribution in [3.63, 3.8) is 0 Å². The molecule has 9 rings (SSSR count). The van der Waals surface area contributed by atoms with E-state index in [9.17, 15) is 19.5 Å². The van der Waals surface area contributed by atoms with Gasteiger partial charge in [-0.25, -0.2) is 14.4 Å². The van der Waals surface area contributed by atoms with Gasteiger partial charge < -0.3 is 76.2 Å². The number of hydrogen-bond donors (Lipinski definition) is 1. The molecule has 1 N–H and O–H groups in total. The molecule has 0 aromatic heterocycles. The molecule has 0 radical (unpaired) electrons. The van der Waals surface area contributed by atoms with Gasteiger partial charge in [0.1, 0.15) is 0 Å². The lowest BCUT2D eigenvalue weighted by Gasteiger charge is -2.35. The summed E-state index contributed by atoms with van der Waals surface area (Å²) in [7, 11) is 3.53. The van der Waals surface area contributed by atoms with Crippen LogP contribution in [0.1, 0.15) is 131 Å². The van der Waals surface area contributed by atoms with Crippen LogP contribution in [0.3, 0.4) is 0 Å². The molecule has 0 saturated heterocycles. The molecule has 62 heavy (non-hydrogen) atoms. The number of ether oxygens (including phenoxy) is 15. The van der Waals surface area contributed by atoms with Crippen molar-refractivity contribution < 1.29 is 90.5 Å². The zero-order valence-corrected chi connectivity index (χ0v) is 36.8. The predicted molar refractivity (Wildman–Crippen MR) is 207 cm³/mol. The van der Waals surface area contributed by atoms with E-state index in [0.717, 1.165) is 0 Å². The minimum absolute atomic E-state index is 0.209. The number of hydrogen-bond acceptors (Lipinski definition) is 19. The number of aliphatic hydroxyl groups is 1. The van der Waals surface area contributed by atoms with Gasteiger partial charge in [-0.05, 0) is 0 Å². The van der Waals surface area contributed by atoms with Crippen LogP contribution < -0.4 is 56.8 Å². The smallest absolute Gasteiger partial charge is 0.345 e. The van der Waals surface area contributed by atoms with Crippen molar-refractivity contribution in [2.24, 2.45) is 0 Å². The summed E-state index contributed by atoms with van der Waals surface area (Å²) in [6.07, 6.45) is 0. The van der Waals surface area contributed by atoms with Crippen LogP contribution in [0.4, 0.5) is 0 Å². The van der Waals surface area contributed by atoms with E-state index in [-0.39, 0.29) is 102 Å². The van der Waals surface area contributed by atoms with E-state index < -0.39 is 58.2 Å². The lowest BCUT2D eigenvalue weighted by molar-refractivity contribution is -0.0544. The van der Waals surface area contributed by atoms with Gasteiger partial charge >= 0.3 is 17.9 Å². The molecule has 6 aliphatic heterocycles. The van der Waals surface area contributed by atoms with Crippen LogP contribution in [0, 0.1) is 0 Å². The molecule has 0 unspecified atom stereocenters. The van der Waals surface area contributed by atoms with Gasteiger partial charge in [-0.15, -0.1) is 0 Å². The standard InChI is InChI=1S/C43H46O19/c1-37(2)51-22-16(34(44)48-13)23-29(58-38(3,4)52-23)19(28(22)57-37)43(47,20-30-24(53-39(5,6)59-30)17(35(45)49-14)25-31(20)60-40(7,8)54-25)21-32-26(55-41(9,10)61-32)18(36(46)50-15)27-33(21)62-42(11,12)56-27/h47H,1-15H3. The van der Waals surface area contributed by atoms with Crippen molar-refractivity contribution >= 4 is 17.9 Å². The zero-order chi connectivity index (χ0) is 45.2. The minimum Gasteiger partial charge on any atom is -0.465 e. The summed E-state index contributed by atoms with van der Waals surface area (Å²) in [6.45, 7) is 18.9. The number of rotatable bonds is 6. The number of esters is 3. The molecule has 0 aliphatic carbocycles. The molecule has 0 bridgehead atoms. The van der Waals surface area contributed by atoms with Gasteiger partial charge in [0.2, 0.25) is 34.7 Å². The first kappa shape index (κ1) is 41.0. The molecule has 332 valence electrons. The highest BCUT2D eigenvalue weighted by Gasteiger charge is 2.63. The lowest BCUT2D eigenvalue weighted by atomic mass is 9.75. The third kappa shape index (κ3) is 5.69. The molecule has 0 spiro atoms. The number of carbonyl (C=O) groups is 3. The highest BCUT2D eigenvalue weighted by Crippen LogP contribution is 2.71. The lowest BCUT2D eigenvalue weighted by Crippen LogP contribution is -2.36. The minimum atomic E-state index is -2.93. The Kier molecular flexibility index (Phi) is 8.05. The molecule has 0 atom stereocenters. The van der Waals surface area contributed by atoms with Crippen LogP contribution in [0.25, 0.3) is 0 Å². The van der Waals surface area contributed by atoms with Crippen LogP contribution in [-0.2, 0) is 19.8 Å². The van der Waals surface area contributed by atoms with E-state index >= 15 is 0 Å². The van der Waals surface area contributed by atoms with Crippen LogP contribution in [-0.4, -0.2) is 79.1 Å². The predicted octanol–water partition coefficient (Wildman–Crippen LogP) is 6.37. The van der Waals surface area contributed by atoms with Crippen molar-refractivity contribution in [2.75, 3.05) is 21.3 Å². The number of methoxy groups -OCH3 is 3. The molecule has 19 heteroatoms. The third-order valence-electron chi connectivity index (χ3n) is 10.4. The monoisotopic (exact) mass is 866 g/mol. The summed E-state index contributed by atoms with van der Waals surface area (Å²) in [5, 5.41) is 14.9. The largest absolute Gasteiger partial charge is 0.465 e. The number of fused-ring (bicyclic) bond motifs is 6. The van der Waals surface area contributed by atoms with Crippen LogP contribution in [0.15, 0.2) is 0 Å². The maximum absolute atomic E-state index is 14.9. The van der Waals surface area contributed by atoms with E-state index in [2.05, 4.69) is 0 Å². The van der Waals surface area contributed by atoms with E-state index in [0.29, 0.717) is 0 Å².